The molecule has 2 aromatic rings. The first-order valence-corrected chi connectivity index (χ1v) is 8.04. The molecule has 0 aliphatic heterocycles. The van der Waals surface area contributed by atoms with Crippen molar-refractivity contribution in [2.24, 2.45) is 0 Å². The molecule has 0 radical (unpaired) electrons. The van der Waals surface area contributed by atoms with Crippen LogP contribution in [0.3, 0.4) is 0 Å². The molecule has 0 heterocycles. The molecule has 6 heteroatoms. The summed E-state index contributed by atoms with van der Waals surface area (Å²) in [6.07, 6.45) is -2.83. The Balaban J connectivity index is 1.78. The molecule has 0 saturated heterocycles. The lowest BCUT2D eigenvalue weighted by atomic mass is 9.93. The van der Waals surface area contributed by atoms with Crippen molar-refractivity contribution in [3.05, 3.63) is 65.2 Å². The zero-order valence-electron chi connectivity index (χ0n) is 13.4. The third-order valence-electron chi connectivity index (χ3n) is 4.54. The van der Waals surface area contributed by atoms with Gasteiger partial charge in [0.15, 0.2) is 0 Å². The number of aliphatic hydroxyl groups excluding tert-OH is 1. The summed E-state index contributed by atoms with van der Waals surface area (Å²) in [5, 5.41) is 11.7. The summed E-state index contributed by atoms with van der Waals surface area (Å²) in [4.78, 5) is 12.6. The molecule has 0 spiro atoms. The van der Waals surface area contributed by atoms with Crippen molar-refractivity contribution in [2.75, 3.05) is 11.9 Å². The van der Waals surface area contributed by atoms with Gasteiger partial charge in [-0.2, -0.15) is 13.2 Å². The van der Waals surface area contributed by atoms with Gasteiger partial charge < -0.3 is 10.4 Å². The average Bonchev–Trinajstić information content (AvgIpc) is 3.38. The van der Waals surface area contributed by atoms with E-state index in [2.05, 4.69) is 5.32 Å². The van der Waals surface area contributed by atoms with Crippen LogP contribution in [-0.4, -0.2) is 17.6 Å². The van der Waals surface area contributed by atoms with E-state index in [0.717, 1.165) is 17.7 Å². The minimum Gasteiger partial charge on any atom is -0.396 e. The number of carbonyl (C=O) groups is 1. The normalized spacial score (nSPS) is 15.7. The van der Waals surface area contributed by atoms with Gasteiger partial charge in [0.25, 0.3) is 0 Å². The number of rotatable bonds is 5. The molecular formula is C19H18F3NO2. The van der Waals surface area contributed by atoms with E-state index < -0.39 is 17.2 Å². The molecule has 1 fully saturated rings. The van der Waals surface area contributed by atoms with Gasteiger partial charge in [0.05, 0.1) is 11.0 Å². The van der Waals surface area contributed by atoms with E-state index in [0.29, 0.717) is 30.5 Å². The molecule has 2 aromatic carbocycles. The molecule has 0 aromatic heterocycles. The Labute approximate surface area is 143 Å². The predicted octanol–water partition coefficient (Wildman–Crippen LogP) is 3.91. The lowest BCUT2D eigenvalue weighted by molar-refractivity contribution is -0.137. The van der Waals surface area contributed by atoms with Crippen molar-refractivity contribution >= 4 is 11.6 Å². The highest BCUT2D eigenvalue weighted by Gasteiger charge is 2.51. The molecular weight excluding hydrogens is 331 g/mol. The van der Waals surface area contributed by atoms with E-state index >= 15 is 0 Å². The van der Waals surface area contributed by atoms with Crippen LogP contribution in [0, 0.1) is 0 Å². The summed E-state index contributed by atoms with van der Waals surface area (Å²) in [7, 11) is 0. The van der Waals surface area contributed by atoms with Crippen molar-refractivity contribution in [3.63, 3.8) is 0 Å². The van der Waals surface area contributed by atoms with E-state index in [9.17, 15) is 18.0 Å². The second-order valence-corrected chi connectivity index (χ2v) is 6.29. The monoisotopic (exact) mass is 349 g/mol. The predicted molar refractivity (Wildman–Crippen MR) is 88.2 cm³/mol. The molecule has 1 saturated carbocycles. The quantitative estimate of drug-likeness (QED) is 0.860. The fraction of sp³-hybridized carbons (Fsp3) is 0.316. The maximum Gasteiger partial charge on any atom is 0.416 e. The van der Waals surface area contributed by atoms with Crippen LogP contribution in [0.15, 0.2) is 48.5 Å². The maximum atomic E-state index is 12.9. The number of hydrogen-bond acceptors (Lipinski definition) is 2. The van der Waals surface area contributed by atoms with E-state index in [4.69, 9.17) is 5.11 Å². The molecule has 0 atom stereocenters. The molecule has 132 valence electrons. The number of nitrogens with one attached hydrogen (secondary N) is 1. The molecule has 1 amide bonds. The van der Waals surface area contributed by atoms with Crippen LogP contribution in [0.5, 0.6) is 0 Å². The number of alkyl halides is 3. The van der Waals surface area contributed by atoms with Crippen molar-refractivity contribution in [1.29, 1.82) is 0 Å². The molecule has 2 N–H and O–H groups in total. The summed E-state index contributed by atoms with van der Waals surface area (Å²) in [5.41, 5.74) is 0.309. The highest BCUT2D eigenvalue weighted by atomic mass is 19.4. The number of halogens is 3. The van der Waals surface area contributed by atoms with E-state index in [1.54, 1.807) is 30.3 Å². The standard InChI is InChI=1S/C19H18F3NO2/c20-19(21,22)15-3-1-2-14(12-15)18(9-10-18)17(25)23-16-6-4-13(5-7-16)8-11-24/h1-7,12,24H,8-11H2,(H,23,25). The topological polar surface area (TPSA) is 49.3 Å². The Hall–Kier alpha value is -2.34. The SMILES string of the molecule is O=C(Nc1ccc(CCO)cc1)C1(c2cccc(C(F)(F)F)c2)CC1. The number of aliphatic hydroxyl groups is 1. The first-order valence-electron chi connectivity index (χ1n) is 8.04. The lowest BCUT2D eigenvalue weighted by Crippen LogP contribution is -2.28. The van der Waals surface area contributed by atoms with Crippen molar-refractivity contribution in [1.82, 2.24) is 0 Å². The van der Waals surface area contributed by atoms with E-state index in [1.165, 1.54) is 6.07 Å². The van der Waals surface area contributed by atoms with E-state index in [-0.39, 0.29) is 12.5 Å². The number of anilines is 1. The van der Waals surface area contributed by atoms with Gasteiger partial charge in [0.1, 0.15) is 0 Å². The van der Waals surface area contributed by atoms with Gasteiger partial charge >= 0.3 is 6.18 Å². The molecule has 3 nitrogen and oxygen atoms in total. The van der Waals surface area contributed by atoms with Gasteiger partial charge in [0, 0.05) is 12.3 Å². The molecule has 1 aliphatic rings. The van der Waals surface area contributed by atoms with Crippen LogP contribution in [0.4, 0.5) is 18.9 Å². The second-order valence-electron chi connectivity index (χ2n) is 6.29. The molecule has 25 heavy (non-hydrogen) atoms. The summed E-state index contributed by atoms with van der Waals surface area (Å²) in [6.45, 7) is 0.0460. The Morgan fingerprint density at radius 1 is 1.12 bits per heavy atom. The van der Waals surface area contributed by atoms with Crippen LogP contribution < -0.4 is 5.32 Å². The van der Waals surface area contributed by atoms with Gasteiger partial charge in [-0.3, -0.25) is 4.79 Å². The third-order valence-corrected chi connectivity index (χ3v) is 4.54. The van der Waals surface area contributed by atoms with Crippen LogP contribution in [-0.2, 0) is 22.8 Å². The van der Waals surface area contributed by atoms with Crippen molar-refractivity contribution < 1.29 is 23.1 Å². The van der Waals surface area contributed by atoms with Crippen LogP contribution in [0.2, 0.25) is 0 Å². The molecule has 1 aliphatic carbocycles. The highest BCUT2D eigenvalue weighted by Crippen LogP contribution is 2.49. The fourth-order valence-electron chi connectivity index (χ4n) is 2.90. The van der Waals surface area contributed by atoms with Gasteiger partial charge in [-0.15, -0.1) is 0 Å². The highest BCUT2D eigenvalue weighted by molar-refractivity contribution is 6.01. The number of benzene rings is 2. The van der Waals surface area contributed by atoms with E-state index in [1.807, 2.05) is 0 Å². The third kappa shape index (κ3) is 3.69. The largest absolute Gasteiger partial charge is 0.416 e. The maximum absolute atomic E-state index is 12.9. The molecule has 3 rings (SSSR count). The Morgan fingerprint density at radius 3 is 2.36 bits per heavy atom. The Kier molecular flexibility index (Phi) is 4.56. The van der Waals surface area contributed by atoms with Gasteiger partial charge in [-0.1, -0.05) is 30.3 Å². The number of amides is 1. The Morgan fingerprint density at radius 2 is 1.80 bits per heavy atom. The first kappa shape index (κ1) is 17.5. The van der Waals surface area contributed by atoms with Crippen LogP contribution in [0.25, 0.3) is 0 Å². The Bertz CT molecular complexity index is 765. The number of hydrogen-bond donors (Lipinski definition) is 2. The minimum absolute atomic E-state index is 0.0460. The van der Waals surface area contributed by atoms with Crippen molar-refractivity contribution in [2.45, 2.75) is 30.9 Å². The summed E-state index contributed by atoms with van der Waals surface area (Å²) in [5.74, 6) is -0.290. The zero-order valence-corrected chi connectivity index (χ0v) is 13.4. The summed E-state index contributed by atoms with van der Waals surface area (Å²) < 4.78 is 38.7. The second kappa shape index (κ2) is 6.52. The van der Waals surface area contributed by atoms with Gasteiger partial charge in [-0.05, 0) is 48.6 Å². The van der Waals surface area contributed by atoms with Crippen LogP contribution in [0.1, 0.15) is 29.5 Å². The lowest BCUT2D eigenvalue weighted by Gasteiger charge is -2.17. The smallest absolute Gasteiger partial charge is 0.396 e. The molecule has 0 bridgehead atoms. The van der Waals surface area contributed by atoms with Gasteiger partial charge in [0.2, 0.25) is 5.91 Å². The summed E-state index contributed by atoms with van der Waals surface area (Å²) in [6, 6.07) is 12.1. The first-order chi connectivity index (χ1) is 11.8. The van der Waals surface area contributed by atoms with Crippen LogP contribution >= 0.6 is 0 Å². The molecule has 0 unspecified atom stereocenters. The minimum atomic E-state index is -4.43. The zero-order chi connectivity index (χ0) is 18.1. The fourth-order valence-corrected chi connectivity index (χ4v) is 2.90. The van der Waals surface area contributed by atoms with Gasteiger partial charge in [-0.25, -0.2) is 0 Å². The average molecular weight is 349 g/mol. The number of carbonyl (C=O) groups excluding carboxylic acids is 1. The summed E-state index contributed by atoms with van der Waals surface area (Å²) >= 11 is 0. The van der Waals surface area contributed by atoms with Crippen molar-refractivity contribution in [3.8, 4) is 0 Å².